The van der Waals surface area contributed by atoms with Crippen molar-refractivity contribution in [2.45, 2.75) is 6.54 Å². The molecule has 0 unspecified atom stereocenters. The Bertz CT molecular complexity index is 490. The van der Waals surface area contributed by atoms with Gasteiger partial charge >= 0.3 is 0 Å². The van der Waals surface area contributed by atoms with Gasteiger partial charge in [0.15, 0.2) is 17.5 Å². The van der Waals surface area contributed by atoms with Crippen molar-refractivity contribution in [3.8, 4) is 0 Å². The van der Waals surface area contributed by atoms with E-state index in [1.54, 1.807) is 0 Å². The zero-order valence-corrected chi connectivity index (χ0v) is 7.07. The molecule has 1 aromatic carbocycles. The van der Waals surface area contributed by atoms with Crippen molar-refractivity contribution in [3.63, 3.8) is 0 Å². The highest BCUT2D eigenvalue weighted by atomic mass is 19.2. The highest BCUT2D eigenvalue weighted by Crippen LogP contribution is 2.23. The first-order chi connectivity index (χ1) is 6.63. The zero-order valence-electron chi connectivity index (χ0n) is 7.07. The maximum atomic E-state index is 13.1. The predicted molar refractivity (Wildman–Crippen MR) is 46.1 cm³/mol. The highest BCUT2D eigenvalue weighted by molar-refractivity contribution is 5.81. The molecule has 14 heavy (non-hydrogen) atoms. The molecule has 0 aliphatic carbocycles. The summed E-state index contributed by atoms with van der Waals surface area (Å²) < 4.78 is 38.7. The third-order valence-corrected chi connectivity index (χ3v) is 2.03. The Kier molecular flexibility index (Phi) is 1.96. The summed E-state index contributed by atoms with van der Waals surface area (Å²) in [5.41, 5.74) is 5.78. The van der Waals surface area contributed by atoms with Crippen molar-refractivity contribution in [3.05, 3.63) is 35.3 Å². The van der Waals surface area contributed by atoms with Gasteiger partial charge in [0.2, 0.25) is 0 Å². The Labute approximate surface area is 77.5 Å². The topological polar surface area (TPSA) is 41.8 Å². The summed E-state index contributed by atoms with van der Waals surface area (Å²) >= 11 is 0. The molecule has 0 atom stereocenters. The third-order valence-electron chi connectivity index (χ3n) is 2.03. The Hall–Kier alpha value is -1.49. The van der Waals surface area contributed by atoms with Crippen LogP contribution in [0.1, 0.15) is 5.69 Å². The van der Waals surface area contributed by atoms with Crippen molar-refractivity contribution in [1.82, 2.24) is 4.98 Å². The number of H-pyrrole nitrogens is 1. The molecule has 0 spiro atoms. The summed E-state index contributed by atoms with van der Waals surface area (Å²) in [6.45, 7) is 0.164. The average molecular weight is 200 g/mol. The van der Waals surface area contributed by atoms with Gasteiger partial charge in [0.1, 0.15) is 0 Å². The number of rotatable bonds is 1. The molecule has 0 aliphatic heterocycles. The lowest BCUT2D eigenvalue weighted by molar-refractivity contribution is 0.453. The Morgan fingerprint density at radius 2 is 1.86 bits per heavy atom. The van der Waals surface area contributed by atoms with E-state index in [0.717, 1.165) is 6.07 Å². The van der Waals surface area contributed by atoms with Gasteiger partial charge in [-0.2, -0.15) is 0 Å². The molecular weight excluding hydrogens is 193 g/mol. The molecular formula is C9H7F3N2. The summed E-state index contributed by atoms with van der Waals surface area (Å²) in [6.07, 6.45) is 0. The number of aromatic nitrogens is 1. The quantitative estimate of drug-likeness (QED) is 0.679. The van der Waals surface area contributed by atoms with Crippen LogP contribution >= 0.6 is 0 Å². The molecule has 3 N–H and O–H groups in total. The van der Waals surface area contributed by atoms with Crippen molar-refractivity contribution < 1.29 is 13.2 Å². The van der Waals surface area contributed by atoms with Gasteiger partial charge in [-0.05, 0) is 12.1 Å². The lowest BCUT2D eigenvalue weighted by atomic mass is 10.2. The number of fused-ring (bicyclic) bond motifs is 1. The third kappa shape index (κ3) is 1.17. The monoisotopic (exact) mass is 200 g/mol. The van der Waals surface area contributed by atoms with Gasteiger partial charge in [0.05, 0.1) is 5.52 Å². The molecule has 0 saturated carbocycles. The largest absolute Gasteiger partial charge is 0.355 e. The number of hydrogen-bond donors (Lipinski definition) is 2. The number of nitrogens with two attached hydrogens (primary N) is 1. The Balaban J connectivity index is 2.81. The maximum absolute atomic E-state index is 13.1. The lowest BCUT2D eigenvalue weighted by Gasteiger charge is -1.96. The first-order valence-electron chi connectivity index (χ1n) is 3.98. The van der Waals surface area contributed by atoms with Gasteiger partial charge in [-0.1, -0.05) is 0 Å². The van der Waals surface area contributed by atoms with E-state index in [9.17, 15) is 13.2 Å². The van der Waals surface area contributed by atoms with Crippen LogP contribution < -0.4 is 5.73 Å². The molecule has 5 heteroatoms. The van der Waals surface area contributed by atoms with Crippen molar-refractivity contribution >= 4 is 10.9 Å². The van der Waals surface area contributed by atoms with Crippen LogP contribution in [0.15, 0.2) is 12.1 Å². The number of benzene rings is 1. The minimum Gasteiger partial charge on any atom is -0.355 e. The van der Waals surface area contributed by atoms with Crippen LogP contribution in [0, 0.1) is 17.5 Å². The first-order valence-corrected chi connectivity index (χ1v) is 3.98. The van der Waals surface area contributed by atoms with Gasteiger partial charge in [0.25, 0.3) is 0 Å². The number of hydrogen-bond acceptors (Lipinski definition) is 1. The van der Waals surface area contributed by atoms with Crippen molar-refractivity contribution in [2.75, 3.05) is 0 Å². The van der Waals surface area contributed by atoms with E-state index >= 15 is 0 Å². The molecule has 0 amide bonds. The minimum atomic E-state index is -1.47. The second kappa shape index (κ2) is 3.02. The molecule has 0 fully saturated rings. The Morgan fingerprint density at radius 1 is 1.14 bits per heavy atom. The van der Waals surface area contributed by atoms with Crippen molar-refractivity contribution in [2.24, 2.45) is 5.73 Å². The molecule has 1 aromatic heterocycles. The van der Waals surface area contributed by atoms with Crippen LogP contribution in [-0.2, 0) is 6.54 Å². The zero-order chi connectivity index (χ0) is 10.3. The van der Waals surface area contributed by atoms with E-state index in [1.165, 1.54) is 6.07 Å². The second-order valence-corrected chi connectivity index (χ2v) is 2.95. The summed E-state index contributed by atoms with van der Waals surface area (Å²) in [5.74, 6) is -3.87. The fourth-order valence-electron chi connectivity index (χ4n) is 1.35. The van der Waals surface area contributed by atoms with E-state index in [2.05, 4.69) is 4.98 Å². The maximum Gasteiger partial charge on any atom is 0.196 e. The van der Waals surface area contributed by atoms with Gasteiger partial charge in [-0.15, -0.1) is 0 Å². The van der Waals surface area contributed by atoms with E-state index in [0.29, 0.717) is 5.69 Å². The lowest BCUT2D eigenvalue weighted by Crippen LogP contribution is -1.95. The van der Waals surface area contributed by atoms with Crippen molar-refractivity contribution in [1.29, 1.82) is 0 Å². The molecule has 0 radical (unpaired) electrons. The van der Waals surface area contributed by atoms with Gasteiger partial charge in [-0.25, -0.2) is 13.2 Å². The number of halogens is 3. The summed E-state index contributed by atoms with van der Waals surface area (Å²) in [4.78, 5) is 2.57. The molecule has 2 nitrogen and oxygen atoms in total. The number of nitrogens with one attached hydrogen (secondary N) is 1. The van der Waals surface area contributed by atoms with E-state index in [4.69, 9.17) is 5.73 Å². The average Bonchev–Trinajstić information content (AvgIpc) is 2.57. The van der Waals surface area contributed by atoms with Gasteiger partial charge < -0.3 is 10.7 Å². The summed E-state index contributed by atoms with van der Waals surface area (Å²) in [5, 5.41) is 0.279. The van der Waals surface area contributed by atoms with E-state index < -0.39 is 17.5 Å². The molecule has 2 rings (SSSR count). The summed E-state index contributed by atoms with van der Waals surface area (Å²) in [7, 11) is 0. The van der Waals surface area contributed by atoms with Crippen LogP contribution in [-0.4, -0.2) is 4.98 Å². The molecule has 74 valence electrons. The number of aromatic amines is 1. The van der Waals surface area contributed by atoms with Crippen LogP contribution in [0.3, 0.4) is 0 Å². The fourth-order valence-corrected chi connectivity index (χ4v) is 1.35. The van der Waals surface area contributed by atoms with E-state index in [1.807, 2.05) is 0 Å². The molecule has 0 bridgehead atoms. The molecule has 0 saturated heterocycles. The van der Waals surface area contributed by atoms with Crippen LogP contribution in [0.5, 0.6) is 0 Å². The normalized spacial score (nSPS) is 11.1. The fraction of sp³-hybridized carbons (Fsp3) is 0.111. The second-order valence-electron chi connectivity index (χ2n) is 2.95. The van der Waals surface area contributed by atoms with Crippen LogP contribution in [0.4, 0.5) is 13.2 Å². The van der Waals surface area contributed by atoms with Gasteiger partial charge in [-0.3, -0.25) is 0 Å². The van der Waals surface area contributed by atoms with Crippen LogP contribution in [0.25, 0.3) is 10.9 Å². The van der Waals surface area contributed by atoms with Gasteiger partial charge in [0, 0.05) is 17.6 Å². The molecule has 0 aliphatic rings. The van der Waals surface area contributed by atoms with Crippen LogP contribution in [0.2, 0.25) is 0 Å². The standard InChI is InChI=1S/C9H7F3N2/c10-6-2-4-1-5(3-13)14-9(4)8(12)7(6)11/h1-2,14H,3,13H2. The smallest absolute Gasteiger partial charge is 0.196 e. The summed E-state index contributed by atoms with van der Waals surface area (Å²) in [6, 6.07) is 2.42. The highest BCUT2D eigenvalue weighted by Gasteiger charge is 2.14. The molecule has 1 heterocycles. The molecule has 2 aromatic rings. The van der Waals surface area contributed by atoms with E-state index in [-0.39, 0.29) is 17.4 Å². The SMILES string of the molecule is NCc1cc2cc(F)c(F)c(F)c2[nH]1. The first kappa shape index (κ1) is 9.08. The minimum absolute atomic E-state index is 0.0515. The Morgan fingerprint density at radius 3 is 2.50 bits per heavy atom. The predicted octanol–water partition coefficient (Wildman–Crippen LogP) is 2.04.